The van der Waals surface area contributed by atoms with Crippen molar-refractivity contribution < 1.29 is 27.0 Å². The van der Waals surface area contributed by atoms with Crippen LogP contribution in [-0.4, -0.2) is 22.6 Å². The predicted molar refractivity (Wildman–Crippen MR) is 103 cm³/mol. The molecule has 1 N–H and O–H groups in total. The van der Waals surface area contributed by atoms with Crippen LogP contribution in [0.1, 0.15) is 0 Å². The van der Waals surface area contributed by atoms with Gasteiger partial charge in [-0.15, -0.1) is 0 Å². The van der Waals surface area contributed by atoms with Crippen molar-refractivity contribution in [2.24, 2.45) is 0 Å². The smallest absolute Gasteiger partial charge is 0.264 e. The molecule has 0 saturated carbocycles. The summed E-state index contributed by atoms with van der Waals surface area (Å²) >= 11 is 0. The van der Waals surface area contributed by atoms with Crippen LogP contribution in [0.2, 0.25) is 0 Å². The van der Waals surface area contributed by atoms with Gasteiger partial charge in [0.25, 0.3) is 10.0 Å². The third-order valence-electron chi connectivity index (χ3n) is 3.83. The van der Waals surface area contributed by atoms with E-state index in [4.69, 9.17) is 14.2 Å². The standard InChI is InChI=1S/C20H18FNO5S/c1-25-15-8-10-16(11-9-15)27-19-13-14(7-12-18(19)26-2)22-28(23,24)20-6-4-3-5-17(20)21/h3-13,22H,1-2H3. The average Bonchev–Trinajstić information content (AvgIpc) is 2.69. The number of methoxy groups -OCH3 is 2. The normalized spacial score (nSPS) is 11.0. The van der Waals surface area contributed by atoms with Gasteiger partial charge in [0.2, 0.25) is 0 Å². The summed E-state index contributed by atoms with van der Waals surface area (Å²) in [6.07, 6.45) is 0. The molecule has 0 aliphatic carbocycles. The lowest BCUT2D eigenvalue weighted by atomic mass is 10.2. The van der Waals surface area contributed by atoms with E-state index in [1.54, 1.807) is 37.4 Å². The Labute approximate surface area is 162 Å². The van der Waals surface area contributed by atoms with Crippen LogP contribution in [0.3, 0.4) is 0 Å². The molecule has 0 spiro atoms. The molecule has 0 heterocycles. The molecule has 3 aromatic rings. The van der Waals surface area contributed by atoms with Crippen molar-refractivity contribution >= 4 is 15.7 Å². The molecule has 0 radical (unpaired) electrons. The van der Waals surface area contributed by atoms with E-state index in [2.05, 4.69) is 4.72 Å². The van der Waals surface area contributed by atoms with Crippen LogP contribution in [0.4, 0.5) is 10.1 Å². The van der Waals surface area contributed by atoms with Gasteiger partial charge < -0.3 is 14.2 Å². The Morgan fingerprint density at radius 1 is 0.821 bits per heavy atom. The molecule has 8 heteroatoms. The van der Waals surface area contributed by atoms with Gasteiger partial charge in [-0.25, -0.2) is 12.8 Å². The zero-order chi connectivity index (χ0) is 20.1. The van der Waals surface area contributed by atoms with Crippen molar-refractivity contribution in [1.29, 1.82) is 0 Å². The van der Waals surface area contributed by atoms with Gasteiger partial charge in [-0.1, -0.05) is 12.1 Å². The van der Waals surface area contributed by atoms with Gasteiger partial charge in [0, 0.05) is 6.07 Å². The molecule has 146 valence electrons. The van der Waals surface area contributed by atoms with Gasteiger partial charge in [-0.05, 0) is 48.5 Å². The van der Waals surface area contributed by atoms with Gasteiger partial charge in [0.05, 0.1) is 19.9 Å². The minimum absolute atomic E-state index is 0.201. The first kappa shape index (κ1) is 19.5. The highest BCUT2D eigenvalue weighted by atomic mass is 32.2. The SMILES string of the molecule is COc1ccc(Oc2cc(NS(=O)(=O)c3ccccc3F)ccc2OC)cc1. The molecule has 0 aliphatic heterocycles. The summed E-state index contributed by atoms with van der Waals surface area (Å²) in [6.45, 7) is 0. The molecule has 28 heavy (non-hydrogen) atoms. The van der Waals surface area contributed by atoms with Crippen molar-refractivity contribution in [3.8, 4) is 23.0 Å². The predicted octanol–water partition coefficient (Wildman–Crippen LogP) is 4.44. The van der Waals surface area contributed by atoms with E-state index in [0.717, 1.165) is 6.07 Å². The van der Waals surface area contributed by atoms with E-state index >= 15 is 0 Å². The Balaban J connectivity index is 1.89. The Morgan fingerprint density at radius 2 is 1.50 bits per heavy atom. The molecule has 6 nitrogen and oxygen atoms in total. The van der Waals surface area contributed by atoms with Crippen LogP contribution in [0.15, 0.2) is 71.6 Å². The maximum absolute atomic E-state index is 13.9. The maximum atomic E-state index is 13.9. The summed E-state index contributed by atoms with van der Waals surface area (Å²) in [5.41, 5.74) is 0.201. The van der Waals surface area contributed by atoms with Gasteiger partial charge >= 0.3 is 0 Å². The van der Waals surface area contributed by atoms with Gasteiger partial charge in [-0.3, -0.25) is 4.72 Å². The molecule has 3 rings (SSSR count). The van der Waals surface area contributed by atoms with Crippen LogP contribution < -0.4 is 18.9 Å². The van der Waals surface area contributed by atoms with Crippen LogP contribution in [-0.2, 0) is 10.0 Å². The average molecular weight is 403 g/mol. The second kappa shape index (κ2) is 8.18. The maximum Gasteiger partial charge on any atom is 0.264 e. The number of rotatable bonds is 7. The summed E-state index contributed by atoms with van der Waals surface area (Å²) in [5, 5.41) is 0. The topological polar surface area (TPSA) is 73.9 Å². The Kier molecular flexibility index (Phi) is 5.70. The first-order valence-corrected chi connectivity index (χ1v) is 9.68. The van der Waals surface area contributed by atoms with Crippen molar-refractivity contribution in [1.82, 2.24) is 0 Å². The van der Waals surface area contributed by atoms with Crippen molar-refractivity contribution in [2.45, 2.75) is 4.90 Å². The van der Waals surface area contributed by atoms with Crippen LogP contribution in [0.25, 0.3) is 0 Å². The minimum Gasteiger partial charge on any atom is -0.497 e. The summed E-state index contributed by atoms with van der Waals surface area (Å²) in [5.74, 6) is 1.04. The lowest BCUT2D eigenvalue weighted by molar-refractivity contribution is 0.378. The van der Waals surface area contributed by atoms with Crippen molar-refractivity contribution in [3.63, 3.8) is 0 Å². The van der Waals surface area contributed by atoms with Crippen LogP contribution in [0.5, 0.6) is 23.0 Å². The fourth-order valence-electron chi connectivity index (χ4n) is 2.46. The number of hydrogen-bond acceptors (Lipinski definition) is 5. The first-order chi connectivity index (χ1) is 13.4. The highest BCUT2D eigenvalue weighted by Gasteiger charge is 2.19. The van der Waals surface area contributed by atoms with E-state index in [-0.39, 0.29) is 5.69 Å². The Morgan fingerprint density at radius 3 is 2.14 bits per heavy atom. The number of benzene rings is 3. The summed E-state index contributed by atoms with van der Waals surface area (Å²) in [7, 11) is -1.07. The van der Waals surface area contributed by atoms with E-state index in [1.807, 2.05) is 0 Å². The monoisotopic (exact) mass is 403 g/mol. The van der Waals surface area contributed by atoms with Crippen LogP contribution in [0, 0.1) is 5.82 Å². The molecule has 0 unspecified atom stereocenters. The van der Waals surface area contributed by atoms with Gasteiger partial charge in [0.15, 0.2) is 11.5 Å². The number of hydrogen-bond donors (Lipinski definition) is 1. The van der Waals surface area contributed by atoms with E-state index in [0.29, 0.717) is 23.0 Å². The van der Waals surface area contributed by atoms with Crippen LogP contribution >= 0.6 is 0 Å². The highest BCUT2D eigenvalue weighted by molar-refractivity contribution is 7.92. The van der Waals surface area contributed by atoms with Crippen molar-refractivity contribution in [2.75, 3.05) is 18.9 Å². The van der Waals surface area contributed by atoms with Gasteiger partial charge in [-0.2, -0.15) is 0 Å². The Hall–Kier alpha value is -3.26. The van der Waals surface area contributed by atoms with E-state index < -0.39 is 20.7 Å². The zero-order valence-corrected chi connectivity index (χ0v) is 16.0. The Bertz CT molecular complexity index is 1070. The number of sulfonamides is 1. The minimum atomic E-state index is -4.10. The molecule has 0 amide bonds. The third kappa shape index (κ3) is 4.34. The fourth-order valence-corrected chi connectivity index (χ4v) is 3.59. The number of anilines is 1. The molecule has 0 aromatic heterocycles. The highest BCUT2D eigenvalue weighted by Crippen LogP contribution is 2.35. The zero-order valence-electron chi connectivity index (χ0n) is 15.2. The molecule has 0 fully saturated rings. The van der Waals surface area contributed by atoms with E-state index in [9.17, 15) is 12.8 Å². The van der Waals surface area contributed by atoms with Gasteiger partial charge in [0.1, 0.15) is 22.2 Å². The largest absolute Gasteiger partial charge is 0.497 e. The molecule has 0 atom stereocenters. The van der Waals surface area contributed by atoms with Crippen molar-refractivity contribution in [3.05, 3.63) is 72.5 Å². The quantitative estimate of drug-likeness (QED) is 0.632. The summed E-state index contributed by atoms with van der Waals surface area (Å²) in [4.78, 5) is -0.441. The number of ether oxygens (including phenoxy) is 3. The molecule has 3 aromatic carbocycles. The van der Waals surface area contributed by atoms with E-state index in [1.165, 1.54) is 37.4 Å². The second-order valence-corrected chi connectivity index (χ2v) is 7.33. The first-order valence-electron chi connectivity index (χ1n) is 8.20. The fraction of sp³-hybridized carbons (Fsp3) is 0.100. The molecular weight excluding hydrogens is 385 g/mol. The molecular formula is C20H18FNO5S. The summed E-state index contributed by atoms with van der Waals surface area (Å²) < 4.78 is 57.3. The summed E-state index contributed by atoms with van der Waals surface area (Å²) in [6, 6.07) is 16.5. The lowest BCUT2D eigenvalue weighted by Crippen LogP contribution is -2.14. The number of nitrogens with one attached hydrogen (secondary N) is 1. The third-order valence-corrected chi connectivity index (χ3v) is 5.24. The molecule has 0 bridgehead atoms. The molecule has 0 aliphatic rings. The second-order valence-electron chi connectivity index (χ2n) is 5.68. The number of halogens is 1. The molecule has 0 saturated heterocycles. The lowest BCUT2D eigenvalue weighted by Gasteiger charge is -2.14.